The van der Waals surface area contributed by atoms with Gasteiger partial charge in [0.25, 0.3) is 0 Å². The van der Waals surface area contributed by atoms with E-state index in [0.29, 0.717) is 0 Å². The van der Waals surface area contributed by atoms with Crippen molar-refractivity contribution in [2.45, 2.75) is 27.7 Å². The van der Waals surface area contributed by atoms with Crippen molar-refractivity contribution in [3.8, 4) is 24.3 Å². The normalized spacial score (nSPS) is 2.46. The van der Waals surface area contributed by atoms with Crippen LogP contribution in [-0.4, -0.2) is 23.9 Å². The molecule has 0 aliphatic heterocycles. The predicted octanol–water partition coefficient (Wildman–Crippen LogP) is 1.74. The molecule has 0 spiro atoms. The number of rotatable bonds is 0. The average Bonchev–Trinajstić information content (AvgIpc) is 1.92. The summed E-state index contributed by atoms with van der Waals surface area (Å²) in [7, 11) is 0. The fraction of sp³-hybridized carbons (Fsp3) is 0.500. The van der Waals surface area contributed by atoms with Gasteiger partial charge in [0.1, 0.15) is 0 Å². The molecule has 0 amide bonds. The van der Waals surface area contributed by atoms with Gasteiger partial charge < -0.3 is 0 Å². The Morgan fingerprint density at radius 2 is 0.538 bits per heavy atom. The Bertz CT molecular complexity index is 150. The summed E-state index contributed by atoms with van der Waals surface area (Å²) in [6, 6.07) is 7.00. The van der Waals surface area contributed by atoms with Crippen LogP contribution >= 0.6 is 0 Å². The zero-order valence-electron chi connectivity index (χ0n) is 8.29. The van der Waals surface area contributed by atoms with Crippen molar-refractivity contribution in [3.63, 3.8) is 0 Å². The number of nitrogens with zero attached hydrogens (tertiary/aromatic N) is 4. The fourth-order valence-corrected chi connectivity index (χ4v) is 0. The van der Waals surface area contributed by atoms with Gasteiger partial charge in [-0.15, -0.1) is 0 Å². The topological polar surface area (TPSA) is 95.2 Å². The van der Waals surface area contributed by atoms with Crippen LogP contribution in [0.3, 0.4) is 0 Å². The van der Waals surface area contributed by atoms with E-state index in [4.69, 9.17) is 21.0 Å². The van der Waals surface area contributed by atoms with Gasteiger partial charge in [0.05, 0.1) is 24.3 Å². The molecule has 0 fully saturated rings. The molecule has 5 heteroatoms. The largest absolute Gasteiger partial charge is 0.199 e. The number of nitriles is 4. The standard InChI is InChI=1S/4C2H3N.Sn/c4*1-2-3;/h4*1H3;. The molecule has 68 valence electrons. The molecule has 0 bridgehead atoms. The Balaban J connectivity index is -0.0000000213. The van der Waals surface area contributed by atoms with Gasteiger partial charge in [-0.3, -0.25) is 0 Å². The van der Waals surface area contributed by atoms with Crippen LogP contribution in [0, 0.1) is 45.3 Å². The maximum absolute atomic E-state index is 7.32. The van der Waals surface area contributed by atoms with E-state index in [0.717, 1.165) is 0 Å². The van der Waals surface area contributed by atoms with Gasteiger partial charge in [0.2, 0.25) is 0 Å². The molecular weight excluding hydrogens is 271 g/mol. The zero-order valence-corrected chi connectivity index (χ0v) is 11.1. The fourth-order valence-electron chi connectivity index (χ4n) is 0. The first kappa shape index (κ1) is 29.8. The molecule has 0 aromatic heterocycles. The van der Waals surface area contributed by atoms with Gasteiger partial charge in [0, 0.05) is 51.6 Å². The summed E-state index contributed by atoms with van der Waals surface area (Å²) in [5.41, 5.74) is 0. The van der Waals surface area contributed by atoms with Gasteiger partial charge >= 0.3 is 0 Å². The number of hydrogen-bond donors (Lipinski definition) is 0. The van der Waals surface area contributed by atoms with E-state index < -0.39 is 0 Å². The molecule has 0 aliphatic rings. The smallest absolute Gasteiger partial charge is 0.0587 e. The van der Waals surface area contributed by atoms with Crippen LogP contribution in [0.2, 0.25) is 0 Å². The van der Waals surface area contributed by atoms with Crippen LogP contribution in [0.1, 0.15) is 27.7 Å². The van der Waals surface area contributed by atoms with Crippen LogP contribution in [-0.2, 0) is 0 Å². The van der Waals surface area contributed by atoms with E-state index in [2.05, 4.69) is 0 Å². The molecule has 0 atom stereocenters. The summed E-state index contributed by atoms with van der Waals surface area (Å²) < 4.78 is 0. The first-order chi connectivity index (χ1) is 5.66. The molecule has 0 saturated carbocycles. The third-order valence-electron chi connectivity index (χ3n) is 0. The molecule has 4 radical (unpaired) electrons. The maximum Gasteiger partial charge on any atom is 0.0587 e. The molecule has 0 saturated heterocycles. The van der Waals surface area contributed by atoms with E-state index in [1.165, 1.54) is 27.7 Å². The summed E-state index contributed by atoms with van der Waals surface area (Å²) >= 11 is 0. The van der Waals surface area contributed by atoms with Crippen LogP contribution in [0.25, 0.3) is 0 Å². The van der Waals surface area contributed by atoms with Crippen molar-refractivity contribution in [3.05, 3.63) is 0 Å². The van der Waals surface area contributed by atoms with Crippen molar-refractivity contribution in [1.29, 1.82) is 21.0 Å². The molecule has 0 aromatic rings. The van der Waals surface area contributed by atoms with E-state index in [1.54, 1.807) is 24.3 Å². The predicted molar refractivity (Wildman–Crippen MR) is 50.9 cm³/mol. The van der Waals surface area contributed by atoms with Crippen molar-refractivity contribution >= 4 is 23.9 Å². The van der Waals surface area contributed by atoms with E-state index in [9.17, 15) is 0 Å². The summed E-state index contributed by atoms with van der Waals surface area (Å²) in [6.07, 6.45) is 0. The maximum atomic E-state index is 7.32. The molecule has 0 N–H and O–H groups in total. The minimum atomic E-state index is 0. The monoisotopic (exact) mass is 284 g/mol. The number of hydrogen-bond acceptors (Lipinski definition) is 4. The summed E-state index contributed by atoms with van der Waals surface area (Å²) in [5.74, 6) is 0. The van der Waals surface area contributed by atoms with E-state index in [1.807, 2.05) is 0 Å². The van der Waals surface area contributed by atoms with Gasteiger partial charge in [0.15, 0.2) is 0 Å². The van der Waals surface area contributed by atoms with Crippen LogP contribution in [0.5, 0.6) is 0 Å². The van der Waals surface area contributed by atoms with Crippen LogP contribution in [0.15, 0.2) is 0 Å². The van der Waals surface area contributed by atoms with Gasteiger partial charge in [-0.05, 0) is 0 Å². The first-order valence-electron chi connectivity index (χ1n) is 2.89. The Morgan fingerprint density at radius 3 is 0.538 bits per heavy atom. The molecule has 0 heterocycles. The molecule has 0 aromatic carbocycles. The Labute approximate surface area is 97.0 Å². The Kier molecular flexibility index (Phi) is 309. The second-order valence-corrected chi connectivity index (χ2v) is 0.894. The van der Waals surface area contributed by atoms with Gasteiger partial charge in [-0.2, -0.15) is 21.0 Å². The second-order valence-electron chi connectivity index (χ2n) is 0.894. The third-order valence-corrected chi connectivity index (χ3v) is 0. The van der Waals surface area contributed by atoms with E-state index >= 15 is 0 Å². The quantitative estimate of drug-likeness (QED) is 0.632. The van der Waals surface area contributed by atoms with Gasteiger partial charge in [-0.1, -0.05) is 0 Å². The summed E-state index contributed by atoms with van der Waals surface area (Å²) in [4.78, 5) is 0. The first-order valence-corrected chi connectivity index (χ1v) is 2.89. The van der Waals surface area contributed by atoms with Crippen molar-refractivity contribution in [2.24, 2.45) is 0 Å². The Hall–Kier alpha value is -1.24. The molecule has 0 unspecified atom stereocenters. The van der Waals surface area contributed by atoms with Crippen LogP contribution in [0.4, 0.5) is 0 Å². The van der Waals surface area contributed by atoms with Gasteiger partial charge in [-0.25, -0.2) is 0 Å². The third kappa shape index (κ3) is 536. The SMILES string of the molecule is CC#N.CC#N.CC#N.CC#N.[Sn]. The molecule has 0 aliphatic carbocycles. The van der Waals surface area contributed by atoms with Crippen LogP contribution < -0.4 is 0 Å². The minimum absolute atomic E-state index is 0. The second kappa shape index (κ2) is 135. The average molecular weight is 283 g/mol. The van der Waals surface area contributed by atoms with Crippen molar-refractivity contribution in [1.82, 2.24) is 0 Å². The molecule has 4 nitrogen and oxygen atoms in total. The summed E-state index contributed by atoms with van der Waals surface area (Å²) in [5, 5.41) is 29.3. The molecule has 13 heavy (non-hydrogen) atoms. The zero-order chi connectivity index (χ0) is 10.8. The van der Waals surface area contributed by atoms with Crippen molar-refractivity contribution in [2.75, 3.05) is 0 Å². The molecule has 0 rings (SSSR count). The summed E-state index contributed by atoms with van der Waals surface area (Å²) in [6.45, 7) is 5.72. The minimum Gasteiger partial charge on any atom is -0.199 e. The van der Waals surface area contributed by atoms with E-state index in [-0.39, 0.29) is 23.9 Å². The Morgan fingerprint density at radius 1 is 0.538 bits per heavy atom. The van der Waals surface area contributed by atoms with Crippen molar-refractivity contribution < 1.29 is 0 Å². The molecular formula is C8H12N4Sn.